The molecule has 0 fully saturated rings. The van der Waals surface area contributed by atoms with E-state index in [1.54, 1.807) is 14.1 Å². The van der Waals surface area contributed by atoms with E-state index >= 15 is 0 Å². The van der Waals surface area contributed by atoms with Gasteiger partial charge in [0.25, 0.3) is 0 Å². The molecular formula is C5H12N2O2. The lowest BCUT2D eigenvalue weighted by atomic mass is 10.5. The zero-order valence-corrected chi connectivity index (χ0v) is 5.96. The van der Waals surface area contributed by atoms with Gasteiger partial charge in [-0.05, 0) is 0 Å². The third-order valence-electron chi connectivity index (χ3n) is 0.863. The number of amides is 1. The van der Waals surface area contributed by atoms with Gasteiger partial charge in [-0.1, -0.05) is 0 Å². The SMILES string of the molecule is CN(O)CC(=O)N(C)C. The minimum atomic E-state index is -0.111. The van der Waals surface area contributed by atoms with Crippen LogP contribution in [-0.2, 0) is 4.79 Å². The number of hydroxylamine groups is 2. The second kappa shape index (κ2) is 3.42. The van der Waals surface area contributed by atoms with Crippen molar-refractivity contribution >= 4 is 5.91 Å². The molecule has 0 aliphatic rings. The average Bonchev–Trinajstić information content (AvgIpc) is 1.63. The minimum absolute atomic E-state index is 0.0486. The molecule has 0 radical (unpaired) electrons. The molecule has 0 spiro atoms. The fourth-order valence-corrected chi connectivity index (χ4v) is 0.337. The average molecular weight is 132 g/mol. The number of nitrogens with zero attached hydrogens (tertiary/aromatic N) is 2. The van der Waals surface area contributed by atoms with Gasteiger partial charge in [0.15, 0.2) is 0 Å². The fourth-order valence-electron chi connectivity index (χ4n) is 0.337. The van der Waals surface area contributed by atoms with Gasteiger partial charge in [0.2, 0.25) is 5.91 Å². The summed E-state index contributed by atoms with van der Waals surface area (Å²) in [6.07, 6.45) is 0. The summed E-state index contributed by atoms with van der Waals surface area (Å²) in [6, 6.07) is 0. The molecule has 4 heteroatoms. The molecule has 0 aliphatic carbocycles. The molecule has 0 saturated heterocycles. The summed E-state index contributed by atoms with van der Waals surface area (Å²) in [6.45, 7) is 0.0486. The molecule has 0 aromatic heterocycles. The standard InChI is InChI=1S/C5H12N2O2/c1-6(2)5(8)4-7(3)9/h9H,4H2,1-3H3. The van der Waals surface area contributed by atoms with Crippen LogP contribution in [0.15, 0.2) is 0 Å². The highest BCUT2D eigenvalue weighted by atomic mass is 16.5. The van der Waals surface area contributed by atoms with Gasteiger partial charge in [0.1, 0.15) is 6.54 Å². The van der Waals surface area contributed by atoms with E-state index in [2.05, 4.69) is 0 Å². The topological polar surface area (TPSA) is 43.8 Å². The van der Waals surface area contributed by atoms with Crippen LogP contribution in [0.1, 0.15) is 0 Å². The Labute approximate surface area is 54.6 Å². The van der Waals surface area contributed by atoms with Crippen molar-refractivity contribution in [2.75, 3.05) is 27.7 Å². The normalized spacial score (nSPS) is 9.89. The van der Waals surface area contributed by atoms with Gasteiger partial charge < -0.3 is 10.1 Å². The molecule has 0 rings (SSSR count). The molecule has 0 saturated carbocycles. The number of hydrogen-bond donors (Lipinski definition) is 1. The van der Waals surface area contributed by atoms with Crippen LogP contribution in [0.3, 0.4) is 0 Å². The molecule has 0 bridgehead atoms. The first-order chi connectivity index (χ1) is 4.04. The maximum absolute atomic E-state index is 10.7. The maximum atomic E-state index is 10.7. The lowest BCUT2D eigenvalue weighted by Gasteiger charge is -2.12. The van der Waals surface area contributed by atoms with E-state index in [1.165, 1.54) is 11.9 Å². The van der Waals surface area contributed by atoms with Crippen molar-refractivity contribution in [2.24, 2.45) is 0 Å². The highest BCUT2D eigenvalue weighted by molar-refractivity contribution is 5.77. The molecule has 1 N–H and O–H groups in total. The van der Waals surface area contributed by atoms with Crippen molar-refractivity contribution < 1.29 is 10.0 Å². The minimum Gasteiger partial charge on any atom is -0.348 e. The Hall–Kier alpha value is -0.610. The summed E-state index contributed by atoms with van der Waals surface area (Å²) in [5.41, 5.74) is 0. The van der Waals surface area contributed by atoms with E-state index in [9.17, 15) is 4.79 Å². The van der Waals surface area contributed by atoms with Crippen molar-refractivity contribution in [2.45, 2.75) is 0 Å². The third kappa shape index (κ3) is 3.93. The molecule has 4 nitrogen and oxygen atoms in total. The fraction of sp³-hybridized carbons (Fsp3) is 0.800. The van der Waals surface area contributed by atoms with Crippen molar-refractivity contribution in [3.63, 3.8) is 0 Å². The predicted octanol–water partition coefficient (Wildman–Crippen LogP) is -0.604. The van der Waals surface area contributed by atoms with Crippen LogP contribution in [0.5, 0.6) is 0 Å². The van der Waals surface area contributed by atoms with E-state index in [4.69, 9.17) is 5.21 Å². The second-order valence-electron chi connectivity index (χ2n) is 2.10. The quantitative estimate of drug-likeness (QED) is 0.510. The number of carbonyl (C=O) groups excluding carboxylic acids is 1. The van der Waals surface area contributed by atoms with Gasteiger partial charge in [0.05, 0.1) is 0 Å². The van der Waals surface area contributed by atoms with Gasteiger partial charge >= 0.3 is 0 Å². The van der Waals surface area contributed by atoms with Crippen LogP contribution in [0.4, 0.5) is 0 Å². The number of hydrogen-bond acceptors (Lipinski definition) is 3. The number of carbonyl (C=O) groups is 1. The van der Waals surface area contributed by atoms with E-state index in [0.717, 1.165) is 5.06 Å². The van der Waals surface area contributed by atoms with Crippen LogP contribution in [0, 0.1) is 0 Å². The summed E-state index contributed by atoms with van der Waals surface area (Å²) < 4.78 is 0. The molecule has 0 aromatic carbocycles. The van der Waals surface area contributed by atoms with Crippen molar-refractivity contribution in [1.82, 2.24) is 9.96 Å². The van der Waals surface area contributed by atoms with E-state index < -0.39 is 0 Å². The van der Waals surface area contributed by atoms with Crippen LogP contribution < -0.4 is 0 Å². The van der Waals surface area contributed by atoms with Gasteiger partial charge in [-0.15, -0.1) is 0 Å². The van der Waals surface area contributed by atoms with E-state index in [-0.39, 0.29) is 12.5 Å². The Bertz CT molecular complexity index is 101. The Morgan fingerprint density at radius 2 is 1.89 bits per heavy atom. The van der Waals surface area contributed by atoms with Crippen molar-refractivity contribution in [1.29, 1.82) is 0 Å². The molecular weight excluding hydrogens is 120 g/mol. The number of rotatable bonds is 2. The van der Waals surface area contributed by atoms with Crippen molar-refractivity contribution in [3.05, 3.63) is 0 Å². The monoisotopic (exact) mass is 132 g/mol. The zero-order valence-electron chi connectivity index (χ0n) is 5.96. The molecule has 1 amide bonds. The molecule has 54 valence electrons. The summed E-state index contributed by atoms with van der Waals surface area (Å²) >= 11 is 0. The molecule has 9 heavy (non-hydrogen) atoms. The van der Waals surface area contributed by atoms with Crippen LogP contribution >= 0.6 is 0 Å². The Morgan fingerprint density at radius 3 is 2.00 bits per heavy atom. The first kappa shape index (κ1) is 8.39. The van der Waals surface area contributed by atoms with Crippen LogP contribution in [0.25, 0.3) is 0 Å². The van der Waals surface area contributed by atoms with E-state index in [0.29, 0.717) is 0 Å². The van der Waals surface area contributed by atoms with E-state index in [1.807, 2.05) is 0 Å². The predicted molar refractivity (Wildman–Crippen MR) is 33.1 cm³/mol. The molecule has 0 unspecified atom stereocenters. The first-order valence-electron chi connectivity index (χ1n) is 2.64. The molecule has 0 aliphatic heterocycles. The van der Waals surface area contributed by atoms with Gasteiger partial charge in [-0.2, -0.15) is 5.06 Å². The van der Waals surface area contributed by atoms with Gasteiger partial charge in [-0.25, -0.2) is 0 Å². The summed E-state index contributed by atoms with van der Waals surface area (Å²) in [7, 11) is 4.72. The van der Waals surface area contributed by atoms with Crippen LogP contribution in [0.2, 0.25) is 0 Å². The van der Waals surface area contributed by atoms with Gasteiger partial charge in [-0.3, -0.25) is 4.79 Å². The highest BCUT2D eigenvalue weighted by Crippen LogP contribution is 1.79. The summed E-state index contributed by atoms with van der Waals surface area (Å²) in [5.74, 6) is -0.111. The maximum Gasteiger partial charge on any atom is 0.238 e. The Morgan fingerprint density at radius 1 is 1.44 bits per heavy atom. The van der Waals surface area contributed by atoms with Crippen LogP contribution in [-0.4, -0.2) is 48.8 Å². The first-order valence-corrected chi connectivity index (χ1v) is 2.64. The van der Waals surface area contributed by atoms with Crippen molar-refractivity contribution in [3.8, 4) is 0 Å². The summed E-state index contributed by atoms with van der Waals surface area (Å²) in [4.78, 5) is 12.1. The molecule has 0 atom stereocenters. The third-order valence-corrected chi connectivity index (χ3v) is 0.863. The highest BCUT2D eigenvalue weighted by Gasteiger charge is 2.04. The summed E-state index contributed by atoms with van der Waals surface area (Å²) in [5, 5.41) is 9.41. The zero-order chi connectivity index (χ0) is 7.44. The smallest absolute Gasteiger partial charge is 0.238 e. The lowest BCUT2D eigenvalue weighted by molar-refractivity contribution is -0.140. The second-order valence-corrected chi connectivity index (χ2v) is 2.10. The largest absolute Gasteiger partial charge is 0.348 e. The molecule has 0 aromatic rings. The number of likely N-dealkylation sites (N-methyl/N-ethyl adjacent to an activating group) is 2. The van der Waals surface area contributed by atoms with Gasteiger partial charge in [0, 0.05) is 21.1 Å². The lowest BCUT2D eigenvalue weighted by Crippen LogP contribution is -2.32. The Balaban J connectivity index is 3.51. The molecule has 0 heterocycles. The Kier molecular flexibility index (Phi) is 3.19.